The van der Waals surface area contributed by atoms with Crippen molar-refractivity contribution in [2.45, 2.75) is 4.90 Å². The van der Waals surface area contributed by atoms with Crippen molar-refractivity contribution in [3.8, 4) is 0 Å². The van der Waals surface area contributed by atoms with Gasteiger partial charge in [-0.15, -0.1) is 0 Å². The lowest BCUT2D eigenvalue weighted by Crippen LogP contribution is -2.27. The molecule has 1 aromatic carbocycles. The summed E-state index contributed by atoms with van der Waals surface area (Å²) >= 11 is 1.03. The summed E-state index contributed by atoms with van der Waals surface area (Å²) in [6.45, 7) is 0.516. The van der Waals surface area contributed by atoms with E-state index in [-0.39, 0.29) is 16.3 Å². The summed E-state index contributed by atoms with van der Waals surface area (Å²) < 4.78 is 33.4. The molecule has 6 nitrogen and oxygen atoms in total. The van der Waals surface area contributed by atoms with Crippen LogP contribution in [0.25, 0.3) is 10.2 Å². The molecule has 2 aromatic rings. The fourth-order valence-corrected chi connectivity index (χ4v) is 3.68. The second-order valence-corrected chi connectivity index (χ2v) is 6.71. The van der Waals surface area contributed by atoms with Crippen LogP contribution in [0.5, 0.6) is 0 Å². The van der Waals surface area contributed by atoms with E-state index in [9.17, 15) is 13.2 Å². The number of rotatable bonds is 5. The SMILES string of the molecule is COCCNS(=O)(=O)c1ccc2c(c1)sc(=O)n2C. The van der Waals surface area contributed by atoms with E-state index in [2.05, 4.69) is 4.72 Å². The van der Waals surface area contributed by atoms with Crippen molar-refractivity contribution < 1.29 is 13.2 Å². The predicted octanol–water partition coefficient (Wildman–Crippen LogP) is 0.525. The first-order chi connectivity index (χ1) is 8.95. The number of hydrogen-bond acceptors (Lipinski definition) is 5. The van der Waals surface area contributed by atoms with Crippen LogP contribution in [-0.4, -0.2) is 33.2 Å². The Morgan fingerprint density at radius 1 is 1.42 bits per heavy atom. The van der Waals surface area contributed by atoms with Crippen LogP contribution in [0.4, 0.5) is 0 Å². The monoisotopic (exact) mass is 302 g/mol. The third kappa shape index (κ3) is 2.86. The van der Waals surface area contributed by atoms with Gasteiger partial charge in [0.05, 0.1) is 21.7 Å². The van der Waals surface area contributed by atoms with Crippen LogP contribution < -0.4 is 9.60 Å². The smallest absolute Gasteiger partial charge is 0.307 e. The van der Waals surface area contributed by atoms with Crippen molar-refractivity contribution >= 4 is 31.6 Å². The van der Waals surface area contributed by atoms with Crippen molar-refractivity contribution in [2.24, 2.45) is 7.05 Å². The minimum absolute atomic E-state index is 0.114. The topological polar surface area (TPSA) is 77.4 Å². The molecule has 1 heterocycles. The maximum Gasteiger partial charge on any atom is 0.307 e. The van der Waals surface area contributed by atoms with Gasteiger partial charge >= 0.3 is 4.87 Å². The summed E-state index contributed by atoms with van der Waals surface area (Å²) in [5, 5.41) is 0. The molecule has 104 valence electrons. The summed E-state index contributed by atoms with van der Waals surface area (Å²) in [6.07, 6.45) is 0. The highest BCUT2D eigenvalue weighted by Gasteiger charge is 2.15. The highest BCUT2D eigenvalue weighted by molar-refractivity contribution is 7.89. The van der Waals surface area contributed by atoms with Crippen LogP contribution in [-0.2, 0) is 21.8 Å². The van der Waals surface area contributed by atoms with Crippen LogP contribution in [0.2, 0.25) is 0 Å². The third-order valence-electron chi connectivity index (χ3n) is 2.67. The average Bonchev–Trinajstić information content (AvgIpc) is 2.65. The number of sulfonamides is 1. The Kier molecular flexibility index (Phi) is 4.04. The van der Waals surface area contributed by atoms with E-state index < -0.39 is 10.0 Å². The Morgan fingerprint density at radius 3 is 2.84 bits per heavy atom. The van der Waals surface area contributed by atoms with Crippen LogP contribution in [0.15, 0.2) is 27.9 Å². The standard InChI is InChI=1S/C11H14N2O4S2/c1-13-9-4-3-8(7-10(9)18-11(13)14)19(15,16)12-5-6-17-2/h3-4,7,12H,5-6H2,1-2H3. The lowest BCUT2D eigenvalue weighted by Gasteiger charge is -2.06. The number of hydrogen-bond donors (Lipinski definition) is 1. The molecule has 1 aromatic heterocycles. The third-order valence-corrected chi connectivity index (χ3v) is 5.13. The van der Waals surface area contributed by atoms with Crippen molar-refractivity contribution in [3.05, 3.63) is 27.9 Å². The maximum absolute atomic E-state index is 12.0. The molecule has 1 N–H and O–H groups in total. The quantitative estimate of drug-likeness (QED) is 0.817. The van der Waals surface area contributed by atoms with E-state index in [1.807, 2.05) is 0 Å². The molecule has 0 bridgehead atoms. The summed E-state index contributed by atoms with van der Waals surface area (Å²) in [6, 6.07) is 4.64. The highest BCUT2D eigenvalue weighted by atomic mass is 32.2. The summed E-state index contributed by atoms with van der Waals surface area (Å²) in [7, 11) is -0.402. The van der Waals surface area contributed by atoms with Gasteiger partial charge in [-0.3, -0.25) is 4.79 Å². The molecule has 8 heteroatoms. The zero-order chi connectivity index (χ0) is 14.0. The zero-order valence-corrected chi connectivity index (χ0v) is 12.2. The number of benzene rings is 1. The summed E-state index contributed by atoms with van der Waals surface area (Å²) in [5.41, 5.74) is 0.728. The Balaban J connectivity index is 2.38. The first-order valence-corrected chi connectivity index (χ1v) is 7.84. The molecular weight excluding hydrogens is 288 g/mol. The molecule has 0 aliphatic rings. The van der Waals surface area contributed by atoms with Crippen LogP contribution in [0.3, 0.4) is 0 Å². The van der Waals surface area contributed by atoms with Gasteiger partial charge in [-0.05, 0) is 18.2 Å². The van der Waals surface area contributed by atoms with Crippen LogP contribution in [0.1, 0.15) is 0 Å². The molecule has 0 saturated carbocycles. The van der Waals surface area contributed by atoms with Crippen LogP contribution in [0, 0.1) is 0 Å². The van der Waals surface area contributed by atoms with Gasteiger partial charge in [0.2, 0.25) is 10.0 Å². The van der Waals surface area contributed by atoms with E-state index in [0.717, 1.165) is 16.9 Å². The normalized spacial score (nSPS) is 12.1. The number of thiazole rings is 1. The van der Waals surface area contributed by atoms with Crippen LogP contribution >= 0.6 is 11.3 Å². The largest absolute Gasteiger partial charge is 0.383 e. The van der Waals surface area contributed by atoms with E-state index in [0.29, 0.717) is 11.3 Å². The number of aryl methyl sites for hydroxylation is 1. The van der Waals surface area contributed by atoms with Gasteiger partial charge in [0.15, 0.2) is 0 Å². The molecule has 0 radical (unpaired) electrons. The lowest BCUT2D eigenvalue weighted by molar-refractivity contribution is 0.204. The number of methoxy groups -OCH3 is 1. The van der Waals surface area contributed by atoms with Gasteiger partial charge in [-0.25, -0.2) is 13.1 Å². The number of nitrogens with zero attached hydrogens (tertiary/aromatic N) is 1. The molecule has 0 aliphatic heterocycles. The fraction of sp³-hybridized carbons (Fsp3) is 0.364. The van der Waals surface area contributed by atoms with Gasteiger partial charge in [0.1, 0.15) is 0 Å². The molecule has 2 rings (SSSR count). The molecule has 0 spiro atoms. The van der Waals surface area contributed by atoms with E-state index in [1.165, 1.54) is 23.8 Å². The van der Waals surface area contributed by atoms with E-state index in [4.69, 9.17) is 4.74 Å². The zero-order valence-electron chi connectivity index (χ0n) is 10.5. The van der Waals surface area contributed by atoms with E-state index in [1.54, 1.807) is 13.1 Å². The van der Waals surface area contributed by atoms with Gasteiger partial charge in [0.25, 0.3) is 0 Å². The minimum Gasteiger partial charge on any atom is -0.383 e. The Labute approximate surface area is 114 Å². The van der Waals surface area contributed by atoms with Crippen molar-refractivity contribution in [1.82, 2.24) is 9.29 Å². The molecule has 0 saturated heterocycles. The van der Waals surface area contributed by atoms with Gasteiger partial charge in [-0.1, -0.05) is 11.3 Å². The highest BCUT2D eigenvalue weighted by Crippen LogP contribution is 2.20. The number of aromatic nitrogens is 1. The maximum atomic E-state index is 12.0. The van der Waals surface area contributed by atoms with Gasteiger partial charge < -0.3 is 9.30 Å². The molecular formula is C11H14N2O4S2. The van der Waals surface area contributed by atoms with Gasteiger partial charge in [0, 0.05) is 20.7 Å². The first kappa shape index (κ1) is 14.2. The Morgan fingerprint density at radius 2 is 2.16 bits per heavy atom. The second kappa shape index (κ2) is 5.41. The second-order valence-electron chi connectivity index (χ2n) is 3.95. The number of ether oxygens (including phenoxy) is 1. The number of fused-ring (bicyclic) bond motifs is 1. The van der Waals surface area contributed by atoms with Crippen molar-refractivity contribution in [3.63, 3.8) is 0 Å². The first-order valence-electron chi connectivity index (χ1n) is 5.54. The summed E-state index contributed by atoms with van der Waals surface area (Å²) in [5.74, 6) is 0. The molecule has 0 unspecified atom stereocenters. The fourth-order valence-electron chi connectivity index (χ4n) is 1.64. The molecule has 0 amide bonds. The molecule has 0 aliphatic carbocycles. The summed E-state index contributed by atoms with van der Waals surface area (Å²) in [4.78, 5) is 11.5. The molecule has 0 atom stereocenters. The van der Waals surface area contributed by atoms with Crippen molar-refractivity contribution in [1.29, 1.82) is 0 Å². The Bertz CT molecular complexity index is 746. The van der Waals surface area contributed by atoms with Crippen molar-refractivity contribution in [2.75, 3.05) is 20.3 Å². The minimum atomic E-state index is -3.56. The number of nitrogens with one attached hydrogen (secondary N) is 1. The van der Waals surface area contributed by atoms with Gasteiger partial charge in [-0.2, -0.15) is 0 Å². The average molecular weight is 302 g/mol. The lowest BCUT2D eigenvalue weighted by atomic mass is 10.3. The molecule has 0 fully saturated rings. The molecule has 19 heavy (non-hydrogen) atoms. The predicted molar refractivity (Wildman–Crippen MR) is 74.1 cm³/mol. The van der Waals surface area contributed by atoms with E-state index >= 15 is 0 Å². The Hall–Kier alpha value is -1.22.